The summed E-state index contributed by atoms with van der Waals surface area (Å²) in [4.78, 5) is 1.93. The average molecular weight is 176 g/mol. The van der Waals surface area contributed by atoms with Gasteiger partial charge >= 0.3 is 0 Å². The molecule has 1 aromatic rings. The third kappa shape index (κ3) is 2.12. The number of phenolic OH excluding ortho intramolecular Hbond substituents is 1. The van der Waals surface area contributed by atoms with E-state index in [9.17, 15) is 5.11 Å². The number of phenols is 1. The lowest BCUT2D eigenvalue weighted by Gasteiger charge is -2.13. The van der Waals surface area contributed by atoms with Crippen molar-refractivity contribution < 1.29 is 5.11 Å². The first-order chi connectivity index (χ1) is 6.15. The van der Waals surface area contributed by atoms with E-state index in [1.165, 1.54) is 0 Å². The van der Waals surface area contributed by atoms with Crippen molar-refractivity contribution in [1.82, 2.24) is 0 Å². The second kappa shape index (κ2) is 3.81. The summed E-state index contributed by atoms with van der Waals surface area (Å²) < 4.78 is 0. The molecule has 0 saturated heterocycles. The van der Waals surface area contributed by atoms with Gasteiger partial charge in [-0.05, 0) is 18.2 Å². The van der Waals surface area contributed by atoms with E-state index >= 15 is 0 Å². The molecular weight excluding hydrogens is 164 g/mol. The highest BCUT2D eigenvalue weighted by Gasteiger charge is 2.02. The Hall–Kier alpha value is -1.69. The summed E-state index contributed by atoms with van der Waals surface area (Å²) in [6, 6.07) is 7.26. The van der Waals surface area contributed by atoms with E-state index < -0.39 is 0 Å². The van der Waals surface area contributed by atoms with E-state index in [0.29, 0.717) is 5.56 Å². The monoisotopic (exact) mass is 176 g/mol. The van der Waals surface area contributed by atoms with Gasteiger partial charge in [-0.1, -0.05) is 0 Å². The quantitative estimate of drug-likeness (QED) is 0.743. The molecule has 0 aliphatic heterocycles. The number of rotatable bonds is 2. The predicted molar refractivity (Wildman–Crippen MR) is 51.8 cm³/mol. The van der Waals surface area contributed by atoms with Gasteiger partial charge in [0.05, 0.1) is 12.5 Å². The molecule has 13 heavy (non-hydrogen) atoms. The van der Waals surface area contributed by atoms with Gasteiger partial charge in [-0.15, -0.1) is 0 Å². The molecule has 1 rings (SSSR count). The number of hydrogen-bond donors (Lipinski definition) is 1. The fourth-order valence-electron chi connectivity index (χ4n) is 1.08. The first-order valence-electron chi connectivity index (χ1n) is 4.01. The molecular formula is C10H12N2O. The minimum Gasteiger partial charge on any atom is -0.508 e. The summed E-state index contributed by atoms with van der Waals surface area (Å²) in [5.74, 6) is 0.187. The highest BCUT2D eigenvalue weighted by Crippen LogP contribution is 2.22. The SMILES string of the molecule is CN(C)c1ccc(O)c(CC#N)c1. The maximum atomic E-state index is 9.38. The van der Waals surface area contributed by atoms with Crippen LogP contribution >= 0.6 is 0 Å². The summed E-state index contributed by atoms with van der Waals surface area (Å²) >= 11 is 0. The first kappa shape index (κ1) is 9.40. The van der Waals surface area contributed by atoms with Crippen LogP contribution in [-0.4, -0.2) is 19.2 Å². The summed E-state index contributed by atoms with van der Waals surface area (Å²) in [5, 5.41) is 17.9. The smallest absolute Gasteiger partial charge is 0.119 e. The lowest BCUT2D eigenvalue weighted by Crippen LogP contribution is -2.08. The van der Waals surface area contributed by atoms with Crippen LogP contribution < -0.4 is 4.90 Å². The normalized spacial score (nSPS) is 9.31. The topological polar surface area (TPSA) is 47.3 Å². The predicted octanol–water partition coefficient (Wildman–Crippen LogP) is 1.52. The Labute approximate surface area is 77.8 Å². The van der Waals surface area contributed by atoms with Gasteiger partial charge in [0, 0.05) is 25.3 Å². The molecule has 0 amide bonds. The Morgan fingerprint density at radius 1 is 1.46 bits per heavy atom. The van der Waals surface area contributed by atoms with Gasteiger partial charge in [0.25, 0.3) is 0 Å². The molecule has 0 saturated carbocycles. The maximum Gasteiger partial charge on any atom is 0.119 e. The molecule has 0 unspecified atom stereocenters. The van der Waals surface area contributed by atoms with Crippen molar-refractivity contribution in [2.24, 2.45) is 0 Å². The average Bonchev–Trinajstić information content (AvgIpc) is 2.08. The highest BCUT2D eigenvalue weighted by molar-refractivity contribution is 5.52. The number of nitrogens with zero attached hydrogens (tertiary/aromatic N) is 2. The molecule has 0 heterocycles. The van der Waals surface area contributed by atoms with Crippen LogP contribution in [-0.2, 0) is 6.42 Å². The standard InChI is InChI=1S/C10H12N2O/c1-12(2)9-3-4-10(13)8(7-9)5-6-11/h3-4,7,13H,5H2,1-2H3. The number of benzene rings is 1. The van der Waals surface area contributed by atoms with Crippen molar-refractivity contribution in [1.29, 1.82) is 5.26 Å². The van der Waals surface area contributed by atoms with Gasteiger partial charge < -0.3 is 10.0 Å². The molecule has 0 bridgehead atoms. The third-order valence-electron chi connectivity index (χ3n) is 1.85. The van der Waals surface area contributed by atoms with Gasteiger partial charge in [0.2, 0.25) is 0 Å². The summed E-state index contributed by atoms with van der Waals surface area (Å²) in [7, 11) is 3.84. The molecule has 1 N–H and O–H groups in total. The Morgan fingerprint density at radius 3 is 2.69 bits per heavy atom. The second-order valence-corrected chi connectivity index (χ2v) is 3.04. The number of nitriles is 1. The summed E-state index contributed by atoms with van der Waals surface area (Å²) in [6.45, 7) is 0. The van der Waals surface area contributed by atoms with Crippen LogP contribution in [0.1, 0.15) is 5.56 Å². The Morgan fingerprint density at radius 2 is 2.15 bits per heavy atom. The number of hydrogen-bond acceptors (Lipinski definition) is 3. The minimum atomic E-state index is 0.187. The maximum absolute atomic E-state index is 9.38. The van der Waals surface area contributed by atoms with E-state index in [0.717, 1.165) is 5.69 Å². The zero-order chi connectivity index (χ0) is 9.84. The van der Waals surface area contributed by atoms with Crippen molar-refractivity contribution in [3.63, 3.8) is 0 Å². The Balaban J connectivity index is 3.05. The van der Waals surface area contributed by atoms with Crippen LogP contribution in [0.5, 0.6) is 5.75 Å². The largest absolute Gasteiger partial charge is 0.508 e. The second-order valence-electron chi connectivity index (χ2n) is 3.04. The lowest BCUT2D eigenvalue weighted by molar-refractivity contribution is 0.470. The van der Waals surface area contributed by atoms with Gasteiger partial charge in [-0.25, -0.2) is 0 Å². The van der Waals surface area contributed by atoms with E-state index in [1.807, 2.05) is 37.2 Å². The zero-order valence-electron chi connectivity index (χ0n) is 7.78. The summed E-state index contributed by atoms with van der Waals surface area (Å²) in [5.41, 5.74) is 1.66. The highest BCUT2D eigenvalue weighted by atomic mass is 16.3. The molecule has 3 heteroatoms. The Kier molecular flexibility index (Phi) is 2.76. The van der Waals surface area contributed by atoms with Crippen LogP contribution in [0.3, 0.4) is 0 Å². The van der Waals surface area contributed by atoms with Gasteiger partial charge in [0.15, 0.2) is 0 Å². The van der Waals surface area contributed by atoms with Crippen LogP contribution in [0, 0.1) is 11.3 Å². The van der Waals surface area contributed by atoms with Gasteiger partial charge in [0.1, 0.15) is 5.75 Å². The number of aromatic hydroxyl groups is 1. The molecule has 0 aliphatic rings. The zero-order valence-corrected chi connectivity index (χ0v) is 7.78. The molecule has 0 atom stereocenters. The van der Waals surface area contributed by atoms with Crippen molar-refractivity contribution in [2.75, 3.05) is 19.0 Å². The molecule has 0 spiro atoms. The van der Waals surface area contributed by atoms with Crippen LogP contribution in [0.25, 0.3) is 0 Å². The van der Waals surface area contributed by atoms with E-state index in [1.54, 1.807) is 6.07 Å². The molecule has 1 aromatic carbocycles. The molecule has 0 fully saturated rings. The van der Waals surface area contributed by atoms with Crippen LogP contribution in [0.15, 0.2) is 18.2 Å². The van der Waals surface area contributed by atoms with E-state index in [-0.39, 0.29) is 12.2 Å². The van der Waals surface area contributed by atoms with Crippen LogP contribution in [0.2, 0.25) is 0 Å². The van der Waals surface area contributed by atoms with Crippen molar-refractivity contribution >= 4 is 5.69 Å². The minimum absolute atomic E-state index is 0.187. The fourth-order valence-corrected chi connectivity index (χ4v) is 1.08. The molecule has 0 radical (unpaired) electrons. The molecule has 0 aliphatic carbocycles. The van der Waals surface area contributed by atoms with E-state index in [2.05, 4.69) is 0 Å². The van der Waals surface area contributed by atoms with Gasteiger partial charge in [-0.2, -0.15) is 5.26 Å². The van der Waals surface area contributed by atoms with Crippen molar-refractivity contribution in [3.05, 3.63) is 23.8 Å². The van der Waals surface area contributed by atoms with Crippen molar-refractivity contribution in [3.8, 4) is 11.8 Å². The van der Waals surface area contributed by atoms with E-state index in [4.69, 9.17) is 5.26 Å². The van der Waals surface area contributed by atoms with Crippen LogP contribution in [0.4, 0.5) is 5.69 Å². The molecule has 3 nitrogen and oxygen atoms in total. The number of anilines is 1. The summed E-state index contributed by atoms with van der Waals surface area (Å²) in [6.07, 6.45) is 0.244. The lowest BCUT2D eigenvalue weighted by atomic mass is 10.1. The third-order valence-corrected chi connectivity index (χ3v) is 1.85. The molecule has 0 aromatic heterocycles. The fraction of sp³-hybridized carbons (Fsp3) is 0.300. The van der Waals surface area contributed by atoms with Gasteiger partial charge in [-0.3, -0.25) is 0 Å². The Bertz CT molecular complexity index is 339. The molecule has 68 valence electrons. The first-order valence-corrected chi connectivity index (χ1v) is 4.01. The van der Waals surface area contributed by atoms with Crippen molar-refractivity contribution in [2.45, 2.75) is 6.42 Å².